The summed E-state index contributed by atoms with van der Waals surface area (Å²) in [6.45, 7) is 2.80. The molecule has 0 fully saturated rings. The highest BCUT2D eigenvalue weighted by atomic mass is 35.5. The second-order valence-electron chi connectivity index (χ2n) is 8.93. The molecule has 0 aliphatic heterocycles. The van der Waals surface area contributed by atoms with E-state index in [1.165, 1.54) is 5.56 Å². The van der Waals surface area contributed by atoms with Gasteiger partial charge < -0.3 is 10.3 Å². The molecule has 0 spiro atoms. The third kappa shape index (κ3) is 4.92. The number of Topliss-reactive ketones (excluding diaryl/α,β-unsaturated/α-hetero) is 1. The number of aryl methyl sites for hydroxylation is 1. The number of hydrogen-bond donors (Lipinski definition) is 2. The lowest BCUT2D eigenvalue weighted by atomic mass is 9.95. The van der Waals surface area contributed by atoms with Gasteiger partial charge in [-0.3, -0.25) is 9.48 Å². The van der Waals surface area contributed by atoms with Crippen LogP contribution in [0.1, 0.15) is 40.4 Å². The molecule has 0 bridgehead atoms. The van der Waals surface area contributed by atoms with Crippen LogP contribution in [0.2, 0.25) is 5.02 Å². The summed E-state index contributed by atoms with van der Waals surface area (Å²) in [6.07, 6.45) is 5.64. The molecular weight excluding hydrogens is 456 g/mol. The van der Waals surface area contributed by atoms with Crippen LogP contribution in [0.5, 0.6) is 0 Å². The Morgan fingerprint density at radius 2 is 1.80 bits per heavy atom. The SMILES string of the molecule is CC(CN[C@H](C(=O)c1c[nH]c2cc(-c3cnn(C)c3)ccc12)c1ccccc1)c1ccc(Cl)cc1. The maximum atomic E-state index is 13.9. The van der Waals surface area contributed by atoms with Crippen LogP contribution in [-0.4, -0.2) is 27.1 Å². The molecule has 176 valence electrons. The van der Waals surface area contributed by atoms with Crippen molar-refractivity contribution in [2.45, 2.75) is 18.9 Å². The van der Waals surface area contributed by atoms with E-state index in [2.05, 4.69) is 28.4 Å². The van der Waals surface area contributed by atoms with E-state index >= 15 is 0 Å². The molecule has 6 heteroatoms. The first kappa shape index (κ1) is 23.1. The number of ketones is 1. The first-order valence-electron chi connectivity index (χ1n) is 11.7. The Morgan fingerprint density at radius 3 is 2.51 bits per heavy atom. The average molecular weight is 483 g/mol. The van der Waals surface area contributed by atoms with E-state index in [4.69, 9.17) is 11.6 Å². The summed E-state index contributed by atoms with van der Waals surface area (Å²) in [5, 5.41) is 9.43. The van der Waals surface area contributed by atoms with E-state index in [9.17, 15) is 4.79 Å². The third-order valence-electron chi connectivity index (χ3n) is 6.45. The van der Waals surface area contributed by atoms with Gasteiger partial charge in [0, 0.05) is 53.0 Å². The van der Waals surface area contributed by atoms with Crippen LogP contribution in [-0.2, 0) is 7.05 Å². The van der Waals surface area contributed by atoms with Gasteiger partial charge in [0.2, 0.25) is 0 Å². The topological polar surface area (TPSA) is 62.7 Å². The number of carbonyl (C=O) groups is 1. The number of benzene rings is 3. The molecule has 2 N–H and O–H groups in total. The predicted octanol–water partition coefficient (Wildman–Crippen LogP) is 6.54. The minimum absolute atomic E-state index is 0.0416. The molecule has 0 aliphatic carbocycles. The number of nitrogens with one attached hydrogen (secondary N) is 2. The van der Waals surface area contributed by atoms with Gasteiger partial charge in [-0.1, -0.05) is 73.1 Å². The van der Waals surface area contributed by atoms with E-state index in [1.807, 2.05) is 92.4 Å². The number of hydrogen-bond acceptors (Lipinski definition) is 3. The van der Waals surface area contributed by atoms with Gasteiger partial charge in [0.15, 0.2) is 5.78 Å². The Morgan fingerprint density at radius 1 is 1.03 bits per heavy atom. The largest absolute Gasteiger partial charge is 0.360 e. The van der Waals surface area contributed by atoms with Crippen molar-refractivity contribution in [2.75, 3.05) is 6.54 Å². The zero-order chi connectivity index (χ0) is 24.4. The highest BCUT2D eigenvalue weighted by Crippen LogP contribution is 2.29. The first-order chi connectivity index (χ1) is 17.0. The molecular formula is C29H27ClN4O. The molecule has 0 amide bonds. The smallest absolute Gasteiger partial charge is 0.186 e. The molecule has 0 saturated carbocycles. The number of rotatable bonds is 8. The molecule has 2 aromatic heterocycles. The summed E-state index contributed by atoms with van der Waals surface area (Å²) in [4.78, 5) is 17.2. The Kier molecular flexibility index (Phi) is 6.53. The van der Waals surface area contributed by atoms with Gasteiger partial charge in [-0.15, -0.1) is 0 Å². The minimum Gasteiger partial charge on any atom is -0.360 e. The van der Waals surface area contributed by atoms with Crippen molar-refractivity contribution in [3.63, 3.8) is 0 Å². The number of fused-ring (bicyclic) bond motifs is 1. The summed E-state index contributed by atoms with van der Waals surface area (Å²) in [7, 11) is 1.90. The average Bonchev–Trinajstić information content (AvgIpc) is 3.51. The van der Waals surface area contributed by atoms with Crippen LogP contribution in [0.15, 0.2) is 91.4 Å². The van der Waals surface area contributed by atoms with Crippen LogP contribution in [0.4, 0.5) is 0 Å². The van der Waals surface area contributed by atoms with Crippen molar-refractivity contribution >= 4 is 28.3 Å². The molecule has 0 saturated heterocycles. The highest BCUT2D eigenvalue weighted by molar-refractivity contribution is 6.30. The summed E-state index contributed by atoms with van der Waals surface area (Å²) in [5.41, 5.74) is 5.82. The van der Waals surface area contributed by atoms with Gasteiger partial charge >= 0.3 is 0 Å². The standard InChI is InChI=1S/C29H27ClN4O/c1-19(20-8-11-24(30)12-9-20)15-32-28(21-6-4-3-5-7-21)29(35)26-17-31-27-14-22(10-13-25(26)27)23-16-33-34(2)18-23/h3-14,16-19,28,31-32H,15H2,1-2H3/t19?,28-/m0/s1. The fourth-order valence-electron chi connectivity index (χ4n) is 4.45. The van der Waals surface area contributed by atoms with E-state index in [0.717, 1.165) is 32.6 Å². The van der Waals surface area contributed by atoms with Crippen molar-refractivity contribution in [1.29, 1.82) is 0 Å². The van der Waals surface area contributed by atoms with Crippen LogP contribution in [0.25, 0.3) is 22.0 Å². The van der Waals surface area contributed by atoms with E-state index in [0.29, 0.717) is 12.1 Å². The highest BCUT2D eigenvalue weighted by Gasteiger charge is 2.25. The quantitative estimate of drug-likeness (QED) is 0.247. The van der Waals surface area contributed by atoms with Gasteiger partial charge in [0.05, 0.1) is 12.2 Å². The van der Waals surface area contributed by atoms with Gasteiger partial charge in [0.1, 0.15) is 0 Å². The first-order valence-corrected chi connectivity index (χ1v) is 12.1. The number of halogens is 1. The fraction of sp³-hybridized carbons (Fsp3) is 0.172. The van der Waals surface area contributed by atoms with Crippen molar-refractivity contribution in [3.05, 3.63) is 113 Å². The zero-order valence-electron chi connectivity index (χ0n) is 19.7. The second kappa shape index (κ2) is 9.90. The molecule has 5 nitrogen and oxygen atoms in total. The Hall–Kier alpha value is -3.67. The van der Waals surface area contributed by atoms with Crippen LogP contribution in [0.3, 0.4) is 0 Å². The maximum absolute atomic E-state index is 13.9. The number of aromatic nitrogens is 3. The number of carbonyl (C=O) groups excluding carboxylic acids is 1. The summed E-state index contributed by atoms with van der Waals surface area (Å²) in [5.74, 6) is 0.260. The number of aromatic amines is 1. The van der Waals surface area contributed by atoms with Crippen LogP contribution in [0, 0.1) is 0 Å². The number of H-pyrrole nitrogens is 1. The zero-order valence-corrected chi connectivity index (χ0v) is 20.5. The monoisotopic (exact) mass is 482 g/mol. The van der Waals surface area contributed by atoms with Crippen molar-refractivity contribution in [2.24, 2.45) is 7.05 Å². The molecule has 2 atom stereocenters. The fourth-order valence-corrected chi connectivity index (χ4v) is 4.57. The molecule has 3 aromatic carbocycles. The Balaban J connectivity index is 1.42. The summed E-state index contributed by atoms with van der Waals surface area (Å²) in [6, 6.07) is 23.4. The van der Waals surface area contributed by atoms with Gasteiger partial charge in [-0.25, -0.2) is 0 Å². The number of nitrogens with zero attached hydrogens (tertiary/aromatic N) is 2. The Labute approximate surface area is 209 Å². The van der Waals surface area contributed by atoms with E-state index in [-0.39, 0.29) is 11.7 Å². The van der Waals surface area contributed by atoms with Gasteiger partial charge in [0.25, 0.3) is 0 Å². The lowest BCUT2D eigenvalue weighted by Gasteiger charge is -2.21. The molecule has 2 heterocycles. The molecule has 0 aliphatic rings. The van der Waals surface area contributed by atoms with Crippen molar-refractivity contribution in [1.82, 2.24) is 20.1 Å². The maximum Gasteiger partial charge on any atom is 0.186 e. The predicted molar refractivity (Wildman–Crippen MR) is 142 cm³/mol. The summed E-state index contributed by atoms with van der Waals surface area (Å²) < 4.78 is 1.78. The lowest BCUT2D eigenvalue weighted by Crippen LogP contribution is -2.31. The third-order valence-corrected chi connectivity index (χ3v) is 6.70. The normalized spacial score (nSPS) is 13.1. The molecule has 5 rings (SSSR count). The van der Waals surface area contributed by atoms with Crippen molar-refractivity contribution < 1.29 is 4.79 Å². The molecule has 35 heavy (non-hydrogen) atoms. The Bertz CT molecular complexity index is 1450. The van der Waals surface area contributed by atoms with Crippen molar-refractivity contribution in [3.8, 4) is 11.1 Å². The van der Waals surface area contributed by atoms with Crippen LogP contribution >= 0.6 is 11.6 Å². The van der Waals surface area contributed by atoms with E-state index in [1.54, 1.807) is 4.68 Å². The van der Waals surface area contributed by atoms with Crippen LogP contribution < -0.4 is 5.32 Å². The summed E-state index contributed by atoms with van der Waals surface area (Å²) >= 11 is 6.05. The lowest BCUT2D eigenvalue weighted by molar-refractivity contribution is 0.0944. The molecule has 0 radical (unpaired) electrons. The minimum atomic E-state index is -0.456. The second-order valence-corrected chi connectivity index (χ2v) is 9.37. The molecule has 5 aromatic rings. The van der Waals surface area contributed by atoms with Gasteiger partial charge in [-0.05, 0) is 40.8 Å². The molecule has 1 unspecified atom stereocenters. The van der Waals surface area contributed by atoms with Gasteiger partial charge in [-0.2, -0.15) is 5.10 Å². The van der Waals surface area contributed by atoms with E-state index < -0.39 is 6.04 Å².